The van der Waals surface area contributed by atoms with E-state index in [0.29, 0.717) is 5.57 Å². The molecule has 0 aliphatic rings. The van der Waals surface area contributed by atoms with Gasteiger partial charge < -0.3 is 9.84 Å². The number of unbranched alkanes of at least 4 members (excludes halogenated alkanes) is 4. The van der Waals surface area contributed by atoms with Crippen molar-refractivity contribution in [3.8, 4) is 5.75 Å². The number of carboxylic acid groups (broad SMARTS) is 1. The fourth-order valence-electron chi connectivity index (χ4n) is 3.69. The molecule has 0 radical (unpaired) electrons. The van der Waals surface area contributed by atoms with Crippen LogP contribution in [0.5, 0.6) is 5.75 Å². The summed E-state index contributed by atoms with van der Waals surface area (Å²) < 4.78 is 6.49. The van der Waals surface area contributed by atoms with Crippen LogP contribution in [0, 0.1) is 0 Å². The molecule has 1 N–H and O–H groups in total. The molecule has 0 bridgehead atoms. The average molecular weight is 455 g/mol. The Bertz CT molecular complexity index is 836. The topological polar surface area (TPSA) is 46.5 Å². The van der Waals surface area contributed by atoms with Crippen LogP contribution >= 0.6 is 0 Å². The summed E-state index contributed by atoms with van der Waals surface area (Å²) in [6.07, 6.45) is 13.1. The van der Waals surface area contributed by atoms with Crippen LogP contribution in [-0.2, 0) is 15.6 Å². The zero-order valence-corrected chi connectivity index (χ0v) is 22.5. The number of allylic oxidation sites excluding steroid dienone is 5. The molecule has 3 heteroatoms. The molecule has 0 fully saturated rings. The first kappa shape index (κ1) is 28.7. The summed E-state index contributed by atoms with van der Waals surface area (Å²) in [5, 5.41) is 8.89. The molecule has 0 amide bonds. The van der Waals surface area contributed by atoms with Gasteiger partial charge in [0.15, 0.2) is 0 Å². The second-order valence-corrected chi connectivity index (χ2v) is 11.1. The first-order valence-electron chi connectivity index (χ1n) is 12.4. The summed E-state index contributed by atoms with van der Waals surface area (Å²) in [7, 11) is 0. The van der Waals surface area contributed by atoms with Crippen molar-refractivity contribution < 1.29 is 14.6 Å². The van der Waals surface area contributed by atoms with E-state index in [0.717, 1.165) is 24.4 Å². The Morgan fingerprint density at radius 3 is 1.97 bits per heavy atom. The Balaban J connectivity index is 3.36. The lowest BCUT2D eigenvalue weighted by Crippen LogP contribution is -2.20. The molecule has 3 nitrogen and oxygen atoms in total. The molecule has 0 heterocycles. The lowest BCUT2D eigenvalue weighted by atomic mass is 9.77. The van der Waals surface area contributed by atoms with E-state index < -0.39 is 5.97 Å². The van der Waals surface area contributed by atoms with Gasteiger partial charge in [-0.05, 0) is 59.9 Å². The number of aliphatic carboxylic acids is 1. The highest BCUT2D eigenvalue weighted by molar-refractivity contribution is 5.81. The van der Waals surface area contributed by atoms with Gasteiger partial charge >= 0.3 is 5.97 Å². The van der Waals surface area contributed by atoms with Crippen LogP contribution in [0.4, 0.5) is 0 Å². The molecule has 0 atom stereocenters. The Morgan fingerprint density at radius 1 is 0.939 bits per heavy atom. The van der Waals surface area contributed by atoms with Crippen molar-refractivity contribution in [2.75, 3.05) is 6.61 Å². The molecule has 0 aliphatic heterocycles. The van der Waals surface area contributed by atoms with Crippen LogP contribution in [0.15, 0.2) is 42.0 Å². The Morgan fingerprint density at radius 2 is 1.48 bits per heavy atom. The van der Waals surface area contributed by atoms with Crippen molar-refractivity contribution in [3.63, 3.8) is 0 Å². The van der Waals surface area contributed by atoms with Gasteiger partial charge in [-0.3, -0.25) is 0 Å². The van der Waals surface area contributed by atoms with Gasteiger partial charge in [0, 0.05) is 17.2 Å². The molecule has 0 spiro atoms. The molecular weight excluding hydrogens is 408 g/mol. The van der Waals surface area contributed by atoms with E-state index in [1.807, 2.05) is 18.2 Å². The van der Waals surface area contributed by atoms with Gasteiger partial charge in [-0.15, -0.1) is 0 Å². The van der Waals surface area contributed by atoms with Crippen molar-refractivity contribution in [2.45, 2.75) is 105 Å². The number of ether oxygens (including phenoxy) is 1. The van der Waals surface area contributed by atoms with Gasteiger partial charge in [-0.1, -0.05) is 92.4 Å². The highest BCUT2D eigenvalue weighted by Gasteiger charge is 2.28. The highest BCUT2D eigenvalue weighted by atomic mass is 16.5. The van der Waals surface area contributed by atoms with Gasteiger partial charge in [-0.2, -0.15) is 0 Å². The molecule has 1 aromatic carbocycles. The van der Waals surface area contributed by atoms with Gasteiger partial charge in [0.05, 0.1) is 6.61 Å². The number of benzene rings is 1. The summed E-state index contributed by atoms with van der Waals surface area (Å²) in [5.74, 6) is 0.112. The minimum absolute atomic E-state index is 0.0511. The van der Waals surface area contributed by atoms with E-state index in [1.165, 1.54) is 48.4 Å². The summed E-state index contributed by atoms with van der Waals surface area (Å²) in [5.41, 5.74) is 5.38. The fraction of sp³-hybridized carbons (Fsp3) is 0.567. The van der Waals surface area contributed by atoms with Crippen LogP contribution in [0.1, 0.15) is 111 Å². The van der Waals surface area contributed by atoms with Crippen LogP contribution in [0.2, 0.25) is 0 Å². The third kappa shape index (κ3) is 10.0. The van der Waals surface area contributed by atoms with Gasteiger partial charge in [0.25, 0.3) is 0 Å². The van der Waals surface area contributed by atoms with E-state index in [1.54, 1.807) is 6.92 Å². The molecule has 1 rings (SSSR count). The molecule has 0 unspecified atom stereocenters. The second kappa shape index (κ2) is 12.8. The monoisotopic (exact) mass is 454 g/mol. The van der Waals surface area contributed by atoms with Crippen molar-refractivity contribution in [1.29, 1.82) is 0 Å². The maximum absolute atomic E-state index is 10.8. The summed E-state index contributed by atoms with van der Waals surface area (Å²) in [6.45, 7) is 20.3. The van der Waals surface area contributed by atoms with E-state index in [9.17, 15) is 4.79 Å². The predicted molar refractivity (Wildman–Crippen MR) is 142 cm³/mol. The smallest absolute Gasteiger partial charge is 0.328 e. The van der Waals surface area contributed by atoms with E-state index >= 15 is 0 Å². The number of hydrogen-bond donors (Lipinski definition) is 1. The number of hydrogen-bond acceptors (Lipinski definition) is 2. The highest BCUT2D eigenvalue weighted by Crippen LogP contribution is 2.42. The van der Waals surface area contributed by atoms with Gasteiger partial charge in [0.2, 0.25) is 0 Å². The SMILES string of the molecule is CCCCCCCOc1c(C(C)(C)C)cc(/C(C)=C/C=CC(C)=CC(=O)O)cc1C(C)(C)C. The maximum Gasteiger partial charge on any atom is 0.328 e. The Hall–Kier alpha value is -2.29. The molecule has 0 aromatic heterocycles. The summed E-state index contributed by atoms with van der Waals surface area (Å²) in [4.78, 5) is 10.8. The molecule has 184 valence electrons. The summed E-state index contributed by atoms with van der Waals surface area (Å²) in [6, 6.07) is 4.53. The summed E-state index contributed by atoms with van der Waals surface area (Å²) >= 11 is 0. The number of carbonyl (C=O) groups is 1. The molecule has 0 saturated heterocycles. The standard InChI is InChI=1S/C30H46O3/c1-10-11-12-13-14-18-33-28-25(29(4,5)6)20-24(21-26(28)30(7,8)9)23(3)17-15-16-22(2)19-27(31)32/h15-17,19-21H,10-14,18H2,1-9H3,(H,31,32)/b16-15?,22-19?,23-17+. The molecule has 0 saturated carbocycles. The minimum Gasteiger partial charge on any atom is -0.493 e. The van der Waals surface area contributed by atoms with Crippen LogP contribution < -0.4 is 4.74 Å². The van der Waals surface area contributed by atoms with E-state index in [2.05, 4.69) is 67.5 Å². The van der Waals surface area contributed by atoms with Gasteiger partial charge in [-0.25, -0.2) is 4.79 Å². The molecular formula is C30H46O3. The molecule has 33 heavy (non-hydrogen) atoms. The zero-order chi connectivity index (χ0) is 25.2. The van der Waals surface area contributed by atoms with Crippen molar-refractivity contribution >= 4 is 11.5 Å². The van der Waals surface area contributed by atoms with Crippen LogP contribution in [0.3, 0.4) is 0 Å². The molecule has 0 aliphatic carbocycles. The molecule has 1 aromatic rings. The lowest BCUT2D eigenvalue weighted by Gasteiger charge is -2.31. The Kier molecular flexibility index (Phi) is 11.2. The largest absolute Gasteiger partial charge is 0.493 e. The van der Waals surface area contributed by atoms with E-state index in [4.69, 9.17) is 9.84 Å². The first-order chi connectivity index (χ1) is 15.3. The zero-order valence-electron chi connectivity index (χ0n) is 22.5. The van der Waals surface area contributed by atoms with Crippen molar-refractivity contribution in [2.24, 2.45) is 0 Å². The number of carboxylic acids is 1. The second-order valence-electron chi connectivity index (χ2n) is 11.1. The Labute approximate surface area is 202 Å². The quantitative estimate of drug-likeness (QED) is 0.207. The van der Waals surface area contributed by atoms with Crippen LogP contribution in [-0.4, -0.2) is 17.7 Å². The predicted octanol–water partition coefficient (Wildman–Crippen LogP) is 8.62. The average Bonchev–Trinajstić information content (AvgIpc) is 2.68. The maximum atomic E-state index is 10.8. The van der Waals surface area contributed by atoms with E-state index in [-0.39, 0.29) is 10.8 Å². The lowest BCUT2D eigenvalue weighted by molar-refractivity contribution is -0.131. The normalized spacial score (nSPS) is 13.6. The van der Waals surface area contributed by atoms with Gasteiger partial charge in [0.1, 0.15) is 5.75 Å². The fourth-order valence-corrected chi connectivity index (χ4v) is 3.69. The van der Waals surface area contributed by atoms with Crippen molar-refractivity contribution in [1.82, 2.24) is 0 Å². The third-order valence-electron chi connectivity index (χ3n) is 5.71. The third-order valence-corrected chi connectivity index (χ3v) is 5.71. The van der Waals surface area contributed by atoms with Crippen LogP contribution in [0.25, 0.3) is 5.57 Å². The number of rotatable bonds is 11. The first-order valence-corrected chi connectivity index (χ1v) is 12.4. The van der Waals surface area contributed by atoms with Crippen molar-refractivity contribution in [3.05, 3.63) is 58.7 Å². The minimum atomic E-state index is -0.927.